The van der Waals surface area contributed by atoms with Gasteiger partial charge in [-0.1, -0.05) is 11.8 Å². The van der Waals surface area contributed by atoms with Crippen molar-refractivity contribution >= 4 is 58.3 Å². The maximum Gasteiger partial charge on any atom is 0.433 e. The van der Waals surface area contributed by atoms with Gasteiger partial charge in [0.15, 0.2) is 10.1 Å². The number of amides is 1. The largest absolute Gasteiger partial charge is 0.433 e. The molecule has 132 valence electrons. The van der Waals surface area contributed by atoms with Crippen LogP contribution < -0.4 is 0 Å². The van der Waals surface area contributed by atoms with E-state index in [-0.39, 0.29) is 20.7 Å². The Bertz CT molecular complexity index is 990. The summed E-state index contributed by atoms with van der Waals surface area (Å²) in [7, 11) is 0. The van der Waals surface area contributed by atoms with Crippen LogP contribution in [0.1, 0.15) is 11.5 Å². The molecule has 1 saturated heterocycles. The Balaban J connectivity index is 1.77. The van der Waals surface area contributed by atoms with Crippen LogP contribution in [0, 0.1) is 20.2 Å². The molecule has 2 aromatic rings. The summed E-state index contributed by atoms with van der Waals surface area (Å²) in [5.74, 6) is -1.31. The lowest BCUT2D eigenvalue weighted by Gasteiger charge is -2.04. The molecule has 0 aliphatic carbocycles. The molecule has 1 aliphatic heterocycles. The summed E-state index contributed by atoms with van der Waals surface area (Å²) in [6.45, 7) is 0. The lowest BCUT2D eigenvalue weighted by Crippen LogP contribution is -2.22. The van der Waals surface area contributed by atoms with Crippen LogP contribution in [0.2, 0.25) is 0 Å². The number of hydrogen-bond donors (Lipinski definition) is 0. The SMILES string of the molecule is O=C1/C(=C\c2ccc([N+](=O)[O-])o2)SC(=S)N1/N=C/c1ccc([N+](=O)[O-])o1. The smallest absolute Gasteiger partial charge is 0.401 e. The molecule has 1 amide bonds. The van der Waals surface area contributed by atoms with Gasteiger partial charge in [0.2, 0.25) is 0 Å². The highest BCUT2D eigenvalue weighted by atomic mass is 32.2. The van der Waals surface area contributed by atoms with Crippen LogP contribution in [-0.4, -0.2) is 31.3 Å². The first-order valence-corrected chi connectivity index (χ1v) is 7.88. The molecule has 0 aromatic carbocycles. The van der Waals surface area contributed by atoms with Crippen molar-refractivity contribution in [1.82, 2.24) is 5.01 Å². The molecule has 0 saturated carbocycles. The minimum Gasteiger partial charge on any atom is -0.401 e. The van der Waals surface area contributed by atoms with Gasteiger partial charge in [-0.15, -0.1) is 0 Å². The van der Waals surface area contributed by atoms with Crippen LogP contribution in [0.5, 0.6) is 0 Å². The average molecular weight is 394 g/mol. The molecule has 0 atom stereocenters. The van der Waals surface area contributed by atoms with Crippen LogP contribution >= 0.6 is 24.0 Å². The number of nitro groups is 2. The molecule has 11 nitrogen and oxygen atoms in total. The third-order valence-corrected chi connectivity index (χ3v) is 4.22. The summed E-state index contributed by atoms with van der Waals surface area (Å²) in [5, 5.41) is 25.9. The van der Waals surface area contributed by atoms with Gasteiger partial charge in [-0.3, -0.25) is 25.0 Å². The third kappa shape index (κ3) is 3.52. The standard InChI is InChI=1S/C13H6N4O7S2/c18-12-9(5-7-1-3-10(23-7)16(19)20)26-13(25)15(12)14-6-8-2-4-11(24-8)17(21)22/h1-6H/b9-5+,14-6+. The van der Waals surface area contributed by atoms with Gasteiger partial charge in [0.25, 0.3) is 5.91 Å². The number of thioether (sulfide) groups is 1. The van der Waals surface area contributed by atoms with E-state index in [9.17, 15) is 25.0 Å². The third-order valence-electron chi connectivity index (χ3n) is 2.93. The van der Waals surface area contributed by atoms with Crippen LogP contribution in [-0.2, 0) is 4.79 Å². The van der Waals surface area contributed by atoms with Crippen LogP contribution in [0.4, 0.5) is 11.8 Å². The summed E-state index contributed by atoms with van der Waals surface area (Å²) < 4.78 is 9.96. The molecule has 0 unspecified atom stereocenters. The fourth-order valence-corrected chi connectivity index (χ4v) is 2.98. The van der Waals surface area contributed by atoms with E-state index >= 15 is 0 Å². The molecule has 2 aromatic heterocycles. The number of nitrogens with zero attached hydrogens (tertiary/aromatic N) is 4. The normalized spacial score (nSPS) is 16.2. The Labute approximate surface area is 153 Å². The number of carbonyl (C=O) groups is 1. The van der Waals surface area contributed by atoms with Crippen molar-refractivity contribution in [1.29, 1.82) is 0 Å². The molecule has 26 heavy (non-hydrogen) atoms. The topological polar surface area (TPSA) is 145 Å². The van der Waals surface area contributed by atoms with Crippen molar-refractivity contribution in [3.63, 3.8) is 0 Å². The van der Waals surface area contributed by atoms with Gasteiger partial charge < -0.3 is 8.83 Å². The van der Waals surface area contributed by atoms with Crippen LogP contribution in [0.15, 0.2) is 43.1 Å². The second kappa shape index (κ2) is 6.89. The molecule has 0 N–H and O–H groups in total. The quantitative estimate of drug-likeness (QED) is 0.245. The predicted octanol–water partition coefficient (Wildman–Crippen LogP) is 2.92. The van der Waals surface area contributed by atoms with Crippen molar-refractivity contribution < 1.29 is 23.5 Å². The first-order chi connectivity index (χ1) is 12.3. The van der Waals surface area contributed by atoms with Crippen molar-refractivity contribution in [2.24, 2.45) is 5.10 Å². The molecule has 0 radical (unpaired) electrons. The highest BCUT2D eigenvalue weighted by Crippen LogP contribution is 2.33. The summed E-state index contributed by atoms with van der Waals surface area (Å²) in [6, 6.07) is 4.97. The second-order valence-corrected chi connectivity index (χ2v) is 6.28. The molecule has 0 bridgehead atoms. The van der Waals surface area contributed by atoms with E-state index in [1.54, 1.807) is 0 Å². The van der Waals surface area contributed by atoms with E-state index in [2.05, 4.69) is 5.10 Å². The molecule has 1 aliphatic rings. The lowest BCUT2D eigenvalue weighted by molar-refractivity contribution is -0.402. The summed E-state index contributed by atoms with van der Waals surface area (Å²) in [4.78, 5) is 32.2. The monoisotopic (exact) mass is 394 g/mol. The number of carbonyl (C=O) groups excluding carboxylic acids is 1. The Hall–Kier alpha value is -3.32. The van der Waals surface area contributed by atoms with Gasteiger partial charge in [-0.2, -0.15) is 10.1 Å². The van der Waals surface area contributed by atoms with Crippen LogP contribution in [0.3, 0.4) is 0 Å². The fraction of sp³-hybridized carbons (Fsp3) is 0. The Kier molecular flexibility index (Phi) is 4.64. The van der Waals surface area contributed by atoms with E-state index < -0.39 is 27.5 Å². The number of rotatable bonds is 5. The molecule has 13 heteroatoms. The van der Waals surface area contributed by atoms with Gasteiger partial charge >= 0.3 is 11.8 Å². The maximum atomic E-state index is 12.3. The van der Waals surface area contributed by atoms with Crippen LogP contribution in [0.25, 0.3) is 6.08 Å². The Morgan fingerprint density at radius 1 is 1.08 bits per heavy atom. The second-order valence-electron chi connectivity index (χ2n) is 4.60. The number of furan rings is 2. The van der Waals surface area contributed by atoms with Gasteiger partial charge in [0, 0.05) is 6.08 Å². The number of hydrogen-bond acceptors (Lipinski definition) is 10. The van der Waals surface area contributed by atoms with Gasteiger partial charge in [0.05, 0.1) is 23.3 Å². The molecule has 3 rings (SSSR count). The first kappa shape index (κ1) is 17.5. The summed E-state index contributed by atoms with van der Waals surface area (Å²) >= 11 is 5.98. The minimum absolute atomic E-state index is 0.0661. The van der Waals surface area contributed by atoms with Crippen molar-refractivity contribution in [2.45, 2.75) is 0 Å². The van der Waals surface area contributed by atoms with Gasteiger partial charge in [-0.05, 0) is 24.4 Å². The molecular formula is C13H6N4O7S2. The summed E-state index contributed by atoms with van der Waals surface area (Å²) in [5.41, 5.74) is 0. The number of hydrazone groups is 1. The Morgan fingerprint density at radius 3 is 2.23 bits per heavy atom. The van der Waals surface area contributed by atoms with E-state index in [1.165, 1.54) is 18.2 Å². The lowest BCUT2D eigenvalue weighted by atomic mass is 10.4. The van der Waals surface area contributed by atoms with E-state index in [4.69, 9.17) is 21.1 Å². The van der Waals surface area contributed by atoms with E-state index in [0.29, 0.717) is 0 Å². The average Bonchev–Trinajstić information content (AvgIpc) is 3.28. The number of thiocarbonyl (C=S) groups is 1. The highest BCUT2D eigenvalue weighted by Gasteiger charge is 2.32. The van der Waals surface area contributed by atoms with E-state index in [0.717, 1.165) is 35.1 Å². The molecule has 0 spiro atoms. The zero-order valence-electron chi connectivity index (χ0n) is 12.4. The van der Waals surface area contributed by atoms with Gasteiger partial charge in [0.1, 0.15) is 15.6 Å². The highest BCUT2D eigenvalue weighted by molar-refractivity contribution is 8.26. The molecule has 1 fully saturated rings. The van der Waals surface area contributed by atoms with Crippen molar-refractivity contribution in [3.8, 4) is 0 Å². The zero-order valence-corrected chi connectivity index (χ0v) is 14.1. The minimum atomic E-state index is -0.706. The summed E-state index contributed by atoms with van der Waals surface area (Å²) in [6.07, 6.45) is 2.41. The van der Waals surface area contributed by atoms with Crippen molar-refractivity contribution in [3.05, 3.63) is 60.9 Å². The molecular weight excluding hydrogens is 388 g/mol. The maximum absolute atomic E-state index is 12.3. The molecule has 3 heterocycles. The van der Waals surface area contributed by atoms with E-state index in [1.807, 2.05) is 0 Å². The Morgan fingerprint density at radius 2 is 1.65 bits per heavy atom. The zero-order chi connectivity index (χ0) is 18.8. The first-order valence-electron chi connectivity index (χ1n) is 6.65. The van der Waals surface area contributed by atoms with Gasteiger partial charge in [-0.25, -0.2) is 0 Å². The van der Waals surface area contributed by atoms with Crippen molar-refractivity contribution in [2.75, 3.05) is 0 Å². The predicted molar refractivity (Wildman–Crippen MR) is 93.3 cm³/mol. The fourth-order valence-electron chi connectivity index (χ4n) is 1.83.